The summed E-state index contributed by atoms with van der Waals surface area (Å²) in [6.07, 6.45) is 0. The van der Waals surface area contributed by atoms with Crippen molar-refractivity contribution in [2.45, 2.75) is 20.8 Å². The van der Waals surface area contributed by atoms with Crippen molar-refractivity contribution in [3.63, 3.8) is 0 Å². The average Bonchev–Trinajstić information content (AvgIpc) is 2.38. The van der Waals surface area contributed by atoms with Gasteiger partial charge < -0.3 is 10.2 Å². The Hall–Kier alpha value is -1.84. The van der Waals surface area contributed by atoms with Crippen LogP contribution < -0.4 is 10.2 Å². The first-order chi connectivity index (χ1) is 8.56. The Kier molecular flexibility index (Phi) is 5.36. The highest BCUT2D eigenvalue weighted by Crippen LogP contribution is 2.12. The Morgan fingerprint density at radius 3 is 2.33 bits per heavy atom. The van der Waals surface area contributed by atoms with E-state index < -0.39 is 0 Å². The summed E-state index contributed by atoms with van der Waals surface area (Å²) in [7, 11) is 0. The van der Waals surface area contributed by atoms with Crippen molar-refractivity contribution >= 4 is 17.5 Å². The Balaban J connectivity index is 2.61. The van der Waals surface area contributed by atoms with Crippen LogP contribution >= 0.6 is 0 Å². The molecule has 1 aromatic rings. The first-order valence-corrected chi connectivity index (χ1v) is 6.19. The molecule has 0 radical (unpaired) electrons. The third-order valence-corrected chi connectivity index (χ3v) is 2.62. The van der Waals surface area contributed by atoms with Crippen LogP contribution in [-0.4, -0.2) is 24.9 Å². The Labute approximate surface area is 108 Å². The van der Waals surface area contributed by atoms with Crippen molar-refractivity contribution in [1.82, 2.24) is 5.32 Å². The van der Waals surface area contributed by atoms with Gasteiger partial charge in [-0.25, -0.2) is 0 Å². The fourth-order valence-electron chi connectivity index (χ4n) is 1.57. The number of benzene rings is 1. The fraction of sp³-hybridized carbons (Fsp3) is 0.429. The van der Waals surface area contributed by atoms with Crippen LogP contribution in [0.15, 0.2) is 30.3 Å². The molecule has 0 bridgehead atoms. The van der Waals surface area contributed by atoms with E-state index in [1.54, 1.807) is 18.7 Å². The Morgan fingerprint density at radius 2 is 1.83 bits per heavy atom. The summed E-state index contributed by atoms with van der Waals surface area (Å²) in [5, 5.41) is 2.64. The minimum absolute atomic E-state index is 0.0414. The number of rotatable bonds is 5. The summed E-state index contributed by atoms with van der Waals surface area (Å²) in [5.41, 5.74) is 0.851. The molecule has 0 spiro atoms. The maximum absolute atomic E-state index is 12.0. The molecule has 0 saturated heterocycles. The van der Waals surface area contributed by atoms with E-state index in [2.05, 4.69) is 5.32 Å². The number of anilines is 1. The van der Waals surface area contributed by atoms with E-state index >= 15 is 0 Å². The van der Waals surface area contributed by atoms with Crippen LogP contribution in [0, 0.1) is 5.92 Å². The predicted molar refractivity (Wildman–Crippen MR) is 72.3 cm³/mol. The molecule has 0 aliphatic rings. The largest absolute Gasteiger partial charge is 0.347 e. The molecule has 1 N–H and O–H groups in total. The Morgan fingerprint density at radius 1 is 1.22 bits per heavy atom. The van der Waals surface area contributed by atoms with Crippen molar-refractivity contribution < 1.29 is 9.59 Å². The second kappa shape index (κ2) is 6.79. The van der Waals surface area contributed by atoms with Crippen LogP contribution in [0.2, 0.25) is 0 Å². The molecule has 0 atom stereocenters. The molecule has 2 amide bonds. The van der Waals surface area contributed by atoms with Crippen LogP contribution in [0.4, 0.5) is 5.69 Å². The number of carbonyl (C=O) groups is 2. The zero-order valence-corrected chi connectivity index (χ0v) is 11.1. The van der Waals surface area contributed by atoms with Gasteiger partial charge in [-0.15, -0.1) is 0 Å². The molecule has 4 heteroatoms. The first kappa shape index (κ1) is 14.2. The lowest BCUT2D eigenvalue weighted by atomic mass is 10.2. The number of para-hydroxylation sites is 1. The van der Waals surface area contributed by atoms with Gasteiger partial charge in [0, 0.05) is 18.2 Å². The molecule has 0 unspecified atom stereocenters. The monoisotopic (exact) mass is 248 g/mol. The SMILES string of the molecule is CCN(C(=O)CNC(=O)C(C)C)c1ccccc1. The maximum atomic E-state index is 12.0. The van der Waals surface area contributed by atoms with Crippen LogP contribution in [0.1, 0.15) is 20.8 Å². The fourth-order valence-corrected chi connectivity index (χ4v) is 1.57. The van der Waals surface area contributed by atoms with Crippen molar-refractivity contribution in [3.05, 3.63) is 30.3 Å². The number of amides is 2. The molecule has 0 fully saturated rings. The highest BCUT2D eigenvalue weighted by molar-refractivity contribution is 5.96. The summed E-state index contributed by atoms with van der Waals surface area (Å²) in [6, 6.07) is 9.44. The molecule has 0 aliphatic carbocycles. The van der Waals surface area contributed by atoms with Crippen molar-refractivity contribution in [2.24, 2.45) is 5.92 Å². The lowest BCUT2D eigenvalue weighted by molar-refractivity contribution is -0.127. The van der Waals surface area contributed by atoms with Crippen LogP contribution in [0.5, 0.6) is 0 Å². The molecule has 98 valence electrons. The molecular formula is C14H20N2O2. The molecule has 18 heavy (non-hydrogen) atoms. The summed E-state index contributed by atoms with van der Waals surface area (Å²) in [6.45, 7) is 6.14. The van der Waals surface area contributed by atoms with E-state index in [-0.39, 0.29) is 24.3 Å². The van der Waals surface area contributed by atoms with Crippen molar-refractivity contribution in [3.8, 4) is 0 Å². The maximum Gasteiger partial charge on any atom is 0.246 e. The highest BCUT2D eigenvalue weighted by atomic mass is 16.2. The molecule has 0 aromatic heterocycles. The topological polar surface area (TPSA) is 49.4 Å². The van der Waals surface area contributed by atoms with Crippen LogP contribution in [0.3, 0.4) is 0 Å². The number of nitrogens with zero attached hydrogens (tertiary/aromatic N) is 1. The van der Waals surface area contributed by atoms with Crippen molar-refractivity contribution in [2.75, 3.05) is 18.0 Å². The van der Waals surface area contributed by atoms with Gasteiger partial charge in [0.15, 0.2) is 0 Å². The molecule has 1 aromatic carbocycles. The number of likely N-dealkylation sites (N-methyl/N-ethyl adjacent to an activating group) is 1. The number of hydrogen-bond donors (Lipinski definition) is 1. The third kappa shape index (κ3) is 3.87. The number of nitrogens with one attached hydrogen (secondary N) is 1. The van der Waals surface area contributed by atoms with Gasteiger partial charge in [0.25, 0.3) is 0 Å². The quantitative estimate of drug-likeness (QED) is 0.864. The van der Waals surface area contributed by atoms with E-state index in [9.17, 15) is 9.59 Å². The van der Waals surface area contributed by atoms with E-state index in [1.165, 1.54) is 0 Å². The van der Waals surface area contributed by atoms with E-state index in [1.807, 2.05) is 37.3 Å². The molecular weight excluding hydrogens is 228 g/mol. The van der Waals surface area contributed by atoms with Gasteiger partial charge in [-0.05, 0) is 19.1 Å². The first-order valence-electron chi connectivity index (χ1n) is 6.19. The average molecular weight is 248 g/mol. The minimum Gasteiger partial charge on any atom is -0.347 e. The molecule has 4 nitrogen and oxygen atoms in total. The second-order valence-corrected chi connectivity index (χ2v) is 4.35. The van der Waals surface area contributed by atoms with Crippen molar-refractivity contribution in [1.29, 1.82) is 0 Å². The van der Waals surface area contributed by atoms with Gasteiger partial charge in [0.1, 0.15) is 0 Å². The smallest absolute Gasteiger partial charge is 0.246 e. The second-order valence-electron chi connectivity index (χ2n) is 4.35. The summed E-state index contributed by atoms with van der Waals surface area (Å²) in [5.74, 6) is -0.310. The van der Waals surface area contributed by atoms with Gasteiger partial charge in [0.2, 0.25) is 11.8 Å². The van der Waals surface area contributed by atoms with Crippen LogP contribution in [-0.2, 0) is 9.59 Å². The van der Waals surface area contributed by atoms with Gasteiger partial charge in [-0.3, -0.25) is 9.59 Å². The van der Waals surface area contributed by atoms with Gasteiger partial charge in [-0.2, -0.15) is 0 Å². The summed E-state index contributed by atoms with van der Waals surface area (Å²) >= 11 is 0. The lowest BCUT2D eigenvalue weighted by Gasteiger charge is -2.21. The number of hydrogen-bond acceptors (Lipinski definition) is 2. The molecule has 1 rings (SSSR count). The van der Waals surface area contributed by atoms with Gasteiger partial charge in [-0.1, -0.05) is 32.0 Å². The molecule has 0 heterocycles. The predicted octanol–water partition coefficient (Wildman–Crippen LogP) is 1.81. The van der Waals surface area contributed by atoms with Gasteiger partial charge in [0.05, 0.1) is 6.54 Å². The van der Waals surface area contributed by atoms with Gasteiger partial charge >= 0.3 is 0 Å². The normalized spacial score (nSPS) is 10.2. The molecule has 0 aliphatic heterocycles. The zero-order valence-electron chi connectivity index (χ0n) is 11.1. The number of carbonyl (C=O) groups excluding carboxylic acids is 2. The van der Waals surface area contributed by atoms with E-state index in [0.717, 1.165) is 5.69 Å². The Bertz CT molecular complexity index is 402. The zero-order chi connectivity index (χ0) is 13.5. The van der Waals surface area contributed by atoms with Crippen LogP contribution in [0.25, 0.3) is 0 Å². The third-order valence-electron chi connectivity index (χ3n) is 2.62. The summed E-state index contributed by atoms with van der Waals surface area (Å²) in [4.78, 5) is 25.1. The highest BCUT2D eigenvalue weighted by Gasteiger charge is 2.15. The lowest BCUT2D eigenvalue weighted by Crippen LogP contribution is -2.41. The molecule has 0 saturated carbocycles. The summed E-state index contributed by atoms with van der Waals surface area (Å²) < 4.78 is 0. The standard InChI is InChI=1S/C14H20N2O2/c1-4-16(12-8-6-5-7-9-12)13(17)10-15-14(18)11(2)3/h5-9,11H,4,10H2,1-3H3,(H,15,18). The van der Waals surface area contributed by atoms with E-state index in [0.29, 0.717) is 6.54 Å². The van der Waals surface area contributed by atoms with E-state index in [4.69, 9.17) is 0 Å². The minimum atomic E-state index is -0.107.